The van der Waals surface area contributed by atoms with Crippen LogP contribution in [0.15, 0.2) is 48.7 Å². The number of carbonyl (C=O) groups is 1. The molecule has 6 nitrogen and oxygen atoms in total. The van der Waals surface area contributed by atoms with Gasteiger partial charge in [-0.1, -0.05) is 23.7 Å². The average molecular weight is 541 g/mol. The molecule has 2 aromatic carbocycles. The third kappa shape index (κ3) is 5.76. The van der Waals surface area contributed by atoms with Crippen LogP contribution < -0.4 is 10.5 Å². The summed E-state index contributed by atoms with van der Waals surface area (Å²) in [5, 5.41) is -0.251. The maximum Gasteiger partial charge on any atom is 0.254 e. The summed E-state index contributed by atoms with van der Waals surface area (Å²) in [6.45, 7) is 4.06. The molecule has 3 aromatic rings. The Bertz CT molecular complexity index is 1300. The van der Waals surface area contributed by atoms with Crippen LogP contribution in [0.25, 0.3) is 11.1 Å². The van der Waals surface area contributed by atoms with Gasteiger partial charge in [-0.05, 0) is 74.7 Å². The van der Waals surface area contributed by atoms with Gasteiger partial charge in [-0.25, -0.2) is 13.8 Å². The van der Waals surface area contributed by atoms with Crippen molar-refractivity contribution in [3.05, 3.63) is 76.4 Å². The van der Waals surface area contributed by atoms with Crippen LogP contribution in [0.1, 0.15) is 41.6 Å². The van der Waals surface area contributed by atoms with Crippen molar-refractivity contribution in [2.45, 2.75) is 38.1 Å². The van der Waals surface area contributed by atoms with E-state index in [0.717, 1.165) is 62.3 Å². The van der Waals surface area contributed by atoms with E-state index in [1.54, 1.807) is 12.3 Å². The van der Waals surface area contributed by atoms with Crippen molar-refractivity contribution >= 4 is 23.3 Å². The first-order valence-electron chi connectivity index (χ1n) is 13.0. The number of likely N-dealkylation sites (tertiary alicyclic amines) is 2. The molecule has 0 radical (unpaired) electrons. The van der Waals surface area contributed by atoms with Crippen molar-refractivity contribution in [3.63, 3.8) is 0 Å². The van der Waals surface area contributed by atoms with Gasteiger partial charge in [-0.2, -0.15) is 0 Å². The van der Waals surface area contributed by atoms with Gasteiger partial charge in [0, 0.05) is 48.4 Å². The molecule has 0 aliphatic carbocycles. The van der Waals surface area contributed by atoms with Gasteiger partial charge in [0.25, 0.3) is 5.91 Å². The van der Waals surface area contributed by atoms with Gasteiger partial charge in [-0.3, -0.25) is 4.79 Å². The van der Waals surface area contributed by atoms with Crippen LogP contribution in [-0.4, -0.2) is 59.5 Å². The molecule has 2 saturated heterocycles. The smallest absolute Gasteiger partial charge is 0.254 e. The minimum absolute atomic E-state index is 0.0390. The summed E-state index contributed by atoms with van der Waals surface area (Å²) < 4.78 is 33.5. The highest BCUT2D eigenvalue weighted by Gasteiger charge is 2.31. The minimum atomic E-state index is -0.681. The van der Waals surface area contributed by atoms with Crippen molar-refractivity contribution in [2.75, 3.05) is 38.5 Å². The summed E-state index contributed by atoms with van der Waals surface area (Å²) in [5.41, 5.74) is 8.32. The van der Waals surface area contributed by atoms with Gasteiger partial charge in [0.15, 0.2) is 11.6 Å². The summed E-state index contributed by atoms with van der Waals surface area (Å²) in [7, 11) is 0. The highest BCUT2D eigenvalue weighted by Crippen LogP contribution is 2.29. The monoisotopic (exact) mass is 540 g/mol. The van der Waals surface area contributed by atoms with Crippen LogP contribution in [0.2, 0.25) is 5.02 Å². The van der Waals surface area contributed by atoms with E-state index in [4.69, 9.17) is 22.1 Å². The van der Waals surface area contributed by atoms with E-state index < -0.39 is 11.6 Å². The predicted octanol–water partition coefficient (Wildman–Crippen LogP) is 5.58. The molecule has 0 spiro atoms. The normalized spacial score (nSPS) is 17.8. The number of carbonyl (C=O) groups excluding carboxylic acids is 1. The molecule has 1 unspecified atom stereocenters. The fourth-order valence-electron chi connectivity index (χ4n) is 5.32. The number of pyridine rings is 1. The van der Waals surface area contributed by atoms with E-state index >= 15 is 0 Å². The van der Waals surface area contributed by atoms with E-state index in [1.807, 2.05) is 29.2 Å². The van der Waals surface area contributed by atoms with Gasteiger partial charge in [-0.15, -0.1) is 0 Å². The maximum atomic E-state index is 14.0. The second kappa shape index (κ2) is 11.7. The van der Waals surface area contributed by atoms with Crippen LogP contribution in [-0.2, 0) is 6.42 Å². The molecule has 1 aromatic heterocycles. The van der Waals surface area contributed by atoms with E-state index in [1.165, 1.54) is 12.8 Å². The van der Waals surface area contributed by atoms with Crippen molar-refractivity contribution in [2.24, 2.45) is 0 Å². The van der Waals surface area contributed by atoms with Crippen molar-refractivity contribution < 1.29 is 18.3 Å². The molecule has 5 rings (SSSR count). The number of nitrogens with zero attached hydrogens (tertiary/aromatic N) is 3. The van der Waals surface area contributed by atoms with Gasteiger partial charge in [0.2, 0.25) is 0 Å². The van der Waals surface area contributed by atoms with Crippen molar-refractivity contribution in [1.29, 1.82) is 0 Å². The van der Waals surface area contributed by atoms with Crippen molar-refractivity contribution in [3.8, 4) is 16.9 Å². The van der Waals surface area contributed by atoms with Crippen LogP contribution >= 0.6 is 11.6 Å². The Balaban J connectivity index is 1.24. The minimum Gasteiger partial charge on any atom is -0.489 e. The molecule has 200 valence electrons. The second-order valence-corrected chi connectivity index (χ2v) is 10.3. The highest BCUT2D eigenvalue weighted by atomic mass is 35.5. The van der Waals surface area contributed by atoms with Crippen molar-refractivity contribution in [1.82, 2.24) is 14.8 Å². The molecular formula is C29H31ClF2N4O2. The number of hydrogen-bond donors (Lipinski definition) is 1. The maximum absolute atomic E-state index is 14.0. The number of benzene rings is 2. The number of amides is 1. The topological polar surface area (TPSA) is 71.7 Å². The molecule has 2 fully saturated rings. The summed E-state index contributed by atoms with van der Waals surface area (Å²) in [4.78, 5) is 22.0. The highest BCUT2D eigenvalue weighted by molar-refractivity contribution is 6.31. The first-order chi connectivity index (χ1) is 18.4. The fourth-order valence-corrected chi connectivity index (χ4v) is 5.56. The number of nitrogen functional groups attached to an aromatic ring is 1. The lowest BCUT2D eigenvalue weighted by Crippen LogP contribution is -2.42. The standard InChI is InChI=1S/C29H31ClF2N4O2/c30-27-23(24(31)9-10-25(27)32)11-15-38-26-16-21(17-34-28(26)33)19-5-7-20(8-6-19)29(37)36-14-3-4-22(36)18-35-12-1-2-13-35/h5-10,16-17,22H,1-4,11-15,18H2,(H2,33,34). The number of anilines is 1. The van der Waals surface area contributed by atoms with E-state index in [2.05, 4.69) is 9.88 Å². The van der Waals surface area contributed by atoms with Crippen LogP contribution in [0.4, 0.5) is 14.6 Å². The van der Waals surface area contributed by atoms with Crippen LogP contribution in [0.3, 0.4) is 0 Å². The number of halogens is 3. The van der Waals surface area contributed by atoms with E-state index in [0.29, 0.717) is 11.3 Å². The zero-order valence-electron chi connectivity index (χ0n) is 21.1. The summed E-state index contributed by atoms with van der Waals surface area (Å²) in [5.74, 6) is -0.686. The Morgan fingerprint density at radius 3 is 2.53 bits per heavy atom. The molecule has 0 saturated carbocycles. The summed E-state index contributed by atoms with van der Waals surface area (Å²) in [6.07, 6.45) is 6.29. The molecule has 1 amide bonds. The lowest BCUT2D eigenvalue weighted by Gasteiger charge is -2.28. The lowest BCUT2D eigenvalue weighted by atomic mass is 10.0. The molecular weight excluding hydrogens is 510 g/mol. The molecule has 38 heavy (non-hydrogen) atoms. The number of hydrogen-bond acceptors (Lipinski definition) is 5. The average Bonchev–Trinajstić information content (AvgIpc) is 3.62. The molecule has 0 bridgehead atoms. The molecule has 1 atom stereocenters. The number of rotatable bonds is 8. The van der Waals surface area contributed by atoms with Gasteiger partial charge < -0.3 is 20.3 Å². The number of ether oxygens (including phenoxy) is 1. The first-order valence-corrected chi connectivity index (χ1v) is 13.4. The Hall–Kier alpha value is -3.23. The Labute approximate surface area is 226 Å². The molecule has 3 heterocycles. The number of aromatic nitrogens is 1. The summed E-state index contributed by atoms with van der Waals surface area (Å²) in [6, 6.07) is 11.5. The third-order valence-corrected chi connectivity index (χ3v) is 7.81. The van der Waals surface area contributed by atoms with E-state index in [-0.39, 0.29) is 41.4 Å². The Morgan fingerprint density at radius 2 is 1.76 bits per heavy atom. The summed E-state index contributed by atoms with van der Waals surface area (Å²) >= 11 is 5.90. The van der Waals surface area contributed by atoms with Gasteiger partial charge in [0.1, 0.15) is 11.6 Å². The van der Waals surface area contributed by atoms with Crippen LogP contribution in [0, 0.1) is 11.6 Å². The van der Waals surface area contributed by atoms with Gasteiger partial charge in [0.05, 0.1) is 11.6 Å². The van der Waals surface area contributed by atoms with E-state index in [9.17, 15) is 13.6 Å². The Morgan fingerprint density at radius 1 is 1.03 bits per heavy atom. The zero-order valence-corrected chi connectivity index (χ0v) is 21.9. The van der Waals surface area contributed by atoms with Gasteiger partial charge >= 0.3 is 0 Å². The largest absolute Gasteiger partial charge is 0.489 e. The molecule has 2 N–H and O–H groups in total. The molecule has 2 aliphatic rings. The predicted molar refractivity (Wildman–Crippen MR) is 144 cm³/mol. The zero-order chi connectivity index (χ0) is 26.6. The third-order valence-electron chi connectivity index (χ3n) is 7.40. The fraction of sp³-hybridized carbons (Fsp3) is 0.379. The quantitative estimate of drug-likeness (QED) is 0.377. The first kappa shape index (κ1) is 26.4. The molecule has 9 heteroatoms. The second-order valence-electron chi connectivity index (χ2n) is 9.91. The lowest BCUT2D eigenvalue weighted by molar-refractivity contribution is 0.0709. The number of nitrogens with two attached hydrogens (primary N) is 1. The SMILES string of the molecule is Nc1ncc(-c2ccc(C(=O)N3CCCC3CN3CCCC3)cc2)cc1OCCc1c(F)ccc(F)c1Cl. The van der Waals surface area contributed by atoms with Crippen LogP contribution in [0.5, 0.6) is 5.75 Å². The Kier molecular flexibility index (Phi) is 8.09. The molecule has 2 aliphatic heterocycles.